The fraction of sp³-hybridized carbons (Fsp3) is 0.769. The Balaban J connectivity index is 0.00000225. The topological polar surface area (TPSA) is 8.81 Å². The zero-order chi connectivity index (χ0) is 11.1. The average molecular weight is 245 g/mol. The molecule has 1 rings (SSSR count). The van der Waals surface area contributed by atoms with Gasteiger partial charge in [0.1, 0.15) is 12.4 Å². The van der Waals surface area contributed by atoms with Crippen LogP contribution in [0.2, 0.25) is 0 Å². The Morgan fingerprint density at radius 1 is 1.19 bits per heavy atom. The Morgan fingerprint density at radius 2 is 1.94 bits per heavy atom. The molecule has 0 saturated heterocycles. The van der Waals surface area contributed by atoms with E-state index in [1.54, 1.807) is 0 Å². The van der Waals surface area contributed by atoms with E-state index in [-0.39, 0.29) is 12.4 Å². The van der Waals surface area contributed by atoms with E-state index in [0.29, 0.717) is 0 Å². The van der Waals surface area contributed by atoms with Gasteiger partial charge in [-0.25, -0.2) is 9.13 Å². The quantitative estimate of drug-likeness (QED) is 0.472. The predicted molar refractivity (Wildman–Crippen MR) is 63.6 cm³/mol. The molecule has 1 aromatic heterocycles. The largest absolute Gasteiger partial charge is 1.00 e. The highest BCUT2D eigenvalue weighted by molar-refractivity contribution is 4.64. The molecule has 0 aliphatic rings. The van der Waals surface area contributed by atoms with E-state index in [0.717, 1.165) is 12.5 Å². The van der Waals surface area contributed by atoms with E-state index < -0.39 is 0 Å². The molecular weight excluding hydrogens is 220 g/mol. The predicted octanol–water partition coefficient (Wildman–Crippen LogP) is 0.0159. The third-order valence-electron chi connectivity index (χ3n) is 2.81. The zero-order valence-corrected chi connectivity index (χ0v) is 11.6. The van der Waals surface area contributed by atoms with Crippen molar-refractivity contribution in [1.29, 1.82) is 0 Å². The second-order valence-electron chi connectivity index (χ2n) is 4.73. The number of unbranched alkanes of at least 4 members (excludes halogenated alkanes) is 2. The lowest BCUT2D eigenvalue weighted by Crippen LogP contribution is -3.00. The van der Waals surface area contributed by atoms with E-state index in [2.05, 4.69) is 48.6 Å². The maximum Gasteiger partial charge on any atom is 0.243 e. The molecule has 1 heterocycles. The Kier molecular flexibility index (Phi) is 8.36. The van der Waals surface area contributed by atoms with Gasteiger partial charge in [-0.15, -0.1) is 0 Å². The van der Waals surface area contributed by atoms with Gasteiger partial charge in [0.25, 0.3) is 0 Å². The van der Waals surface area contributed by atoms with Gasteiger partial charge in [0.2, 0.25) is 6.33 Å². The van der Waals surface area contributed by atoms with Crippen molar-refractivity contribution >= 4 is 0 Å². The zero-order valence-electron chi connectivity index (χ0n) is 10.8. The molecule has 0 aliphatic heterocycles. The Bertz CT molecular complexity index is 269. The average Bonchev–Trinajstić information content (AvgIpc) is 2.65. The Labute approximate surface area is 106 Å². The van der Waals surface area contributed by atoms with Crippen molar-refractivity contribution in [2.45, 2.75) is 59.5 Å². The van der Waals surface area contributed by atoms with Crippen LogP contribution in [-0.4, -0.2) is 4.57 Å². The molecule has 0 fully saturated rings. The van der Waals surface area contributed by atoms with Gasteiger partial charge < -0.3 is 12.4 Å². The number of aryl methyl sites for hydroxylation is 2. The molecule has 0 bridgehead atoms. The Morgan fingerprint density at radius 3 is 2.50 bits per heavy atom. The van der Waals surface area contributed by atoms with Gasteiger partial charge >= 0.3 is 0 Å². The minimum Gasteiger partial charge on any atom is -1.00 e. The van der Waals surface area contributed by atoms with Crippen molar-refractivity contribution in [2.75, 3.05) is 0 Å². The molecule has 0 atom stereocenters. The lowest BCUT2D eigenvalue weighted by Gasteiger charge is -2.02. The van der Waals surface area contributed by atoms with Crippen LogP contribution in [0.3, 0.4) is 0 Å². The number of aromatic nitrogens is 2. The van der Waals surface area contributed by atoms with Crippen molar-refractivity contribution in [2.24, 2.45) is 5.92 Å². The highest BCUT2D eigenvalue weighted by atomic mass is 35.5. The normalized spacial score (nSPS) is 10.5. The van der Waals surface area contributed by atoms with Crippen molar-refractivity contribution < 1.29 is 17.0 Å². The standard InChI is InChI=1S/C13H25N2.ClH/c1-4-14-10-11-15(12-14)9-7-5-6-8-13(2)3;/h10-13H,4-9H2,1-3H3;1H/q+1;/p-1. The lowest BCUT2D eigenvalue weighted by atomic mass is 10.1. The molecule has 0 aliphatic carbocycles. The van der Waals surface area contributed by atoms with Crippen LogP contribution >= 0.6 is 0 Å². The first-order chi connectivity index (χ1) is 7.22. The van der Waals surface area contributed by atoms with Gasteiger partial charge in [0.05, 0.1) is 13.1 Å². The van der Waals surface area contributed by atoms with Crippen LogP contribution in [0.25, 0.3) is 0 Å². The summed E-state index contributed by atoms with van der Waals surface area (Å²) >= 11 is 0. The highest BCUT2D eigenvalue weighted by Gasteiger charge is 2.01. The minimum atomic E-state index is 0. The third-order valence-corrected chi connectivity index (χ3v) is 2.81. The van der Waals surface area contributed by atoms with E-state index in [9.17, 15) is 0 Å². The highest BCUT2D eigenvalue weighted by Crippen LogP contribution is 2.07. The molecule has 1 aromatic rings. The first kappa shape index (κ1) is 15.5. The van der Waals surface area contributed by atoms with Crippen LogP contribution in [0.5, 0.6) is 0 Å². The fourth-order valence-corrected chi connectivity index (χ4v) is 1.78. The first-order valence-corrected chi connectivity index (χ1v) is 6.27. The molecule has 0 spiro atoms. The van der Waals surface area contributed by atoms with Gasteiger partial charge in [-0.3, -0.25) is 0 Å². The van der Waals surface area contributed by atoms with E-state index in [1.165, 1.54) is 32.2 Å². The SMILES string of the molecule is CCn1cc[n+](CCCCCC(C)C)c1.[Cl-]. The number of nitrogens with zero attached hydrogens (tertiary/aromatic N) is 2. The molecule has 2 nitrogen and oxygen atoms in total. The third kappa shape index (κ3) is 6.16. The van der Waals surface area contributed by atoms with Crippen LogP contribution < -0.4 is 17.0 Å². The van der Waals surface area contributed by atoms with Crippen LogP contribution in [-0.2, 0) is 13.1 Å². The van der Waals surface area contributed by atoms with Gasteiger partial charge in [-0.1, -0.05) is 26.7 Å². The van der Waals surface area contributed by atoms with Gasteiger partial charge in [-0.05, 0) is 25.7 Å². The summed E-state index contributed by atoms with van der Waals surface area (Å²) in [5, 5.41) is 0. The summed E-state index contributed by atoms with van der Waals surface area (Å²) in [6.07, 6.45) is 11.9. The molecule has 0 N–H and O–H groups in total. The second-order valence-corrected chi connectivity index (χ2v) is 4.73. The first-order valence-electron chi connectivity index (χ1n) is 6.27. The minimum absolute atomic E-state index is 0. The molecule has 0 radical (unpaired) electrons. The van der Waals surface area contributed by atoms with Crippen LogP contribution in [0.15, 0.2) is 18.7 Å². The Hall–Kier alpha value is -0.500. The van der Waals surface area contributed by atoms with Crippen molar-refractivity contribution in [3.63, 3.8) is 0 Å². The lowest BCUT2D eigenvalue weighted by molar-refractivity contribution is -0.696. The summed E-state index contributed by atoms with van der Waals surface area (Å²) in [6.45, 7) is 9.02. The molecule has 3 heteroatoms. The van der Waals surface area contributed by atoms with Crippen molar-refractivity contribution in [3.05, 3.63) is 18.7 Å². The maximum atomic E-state index is 2.30. The van der Waals surface area contributed by atoms with Gasteiger partial charge in [-0.2, -0.15) is 0 Å². The molecule has 0 amide bonds. The molecule has 94 valence electrons. The molecule has 0 saturated carbocycles. The summed E-state index contributed by atoms with van der Waals surface area (Å²) in [7, 11) is 0. The van der Waals surface area contributed by atoms with E-state index in [4.69, 9.17) is 0 Å². The number of halogens is 1. The number of hydrogen-bond donors (Lipinski definition) is 0. The summed E-state index contributed by atoms with van der Waals surface area (Å²) in [5.74, 6) is 0.860. The summed E-state index contributed by atoms with van der Waals surface area (Å²) in [6, 6.07) is 0. The fourth-order valence-electron chi connectivity index (χ4n) is 1.78. The van der Waals surface area contributed by atoms with Gasteiger partial charge in [0, 0.05) is 0 Å². The molecular formula is C13H25ClN2. The number of hydrogen-bond acceptors (Lipinski definition) is 0. The van der Waals surface area contributed by atoms with Crippen LogP contribution in [0.4, 0.5) is 0 Å². The molecule has 16 heavy (non-hydrogen) atoms. The second kappa shape index (κ2) is 8.63. The van der Waals surface area contributed by atoms with E-state index in [1.807, 2.05) is 0 Å². The number of rotatable bonds is 7. The smallest absolute Gasteiger partial charge is 0.243 e. The summed E-state index contributed by atoms with van der Waals surface area (Å²) in [5.41, 5.74) is 0. The maximum absolute atomic E-state index is 2.30. The van der Waals surface area contributed by atoms with Crippen LogP contribution in [0, 0.1) is 5.92 Å². The van der Waals surface area contributed by atoms with Gasteiger partial charge in [0.15, 0.2) is 0 Å². The van der Waals surface area contributed by atoms with Crippen molar-refractivity contribution in [1.82, 2.24) is 4.57 Å². The molecule has 0 unspecified atom stereocenters. The molecule has 0 aromatic carbocycles. The van der Waals surface area contributed by atoms with Crippen molar-refractivity contribution in [3.8, 4) is 0 Å². The number of imidazole rings is 1. The monoisotopic (exact) mass is 244 g/mol. The summed E-state index contributed by atoms with van der Waals surface area (Å²) in [4.78, 5) is 0. The van der Waals surface area contributed by atoms with E-state index >= 15 is 0 Å². The summed E-state index contributed by atoms with van der Waals surface area (Å²) < 4.78 is 4.51. The van der Waals surface area contributed by atoms with Crippen LogP contribution in [0.1, 0.15) is 46.5 Å².